The number of benzene rings is 1. The van der Waals surface area contributed by atoms with Gasteiger partial charge in [0.15, 0.2) is 11.6 Å². The van der Waals surface area contributed by atoms with Crippen LogP contribution in [0.15, 0.2) is 30.6 Å². The first-order valence-electron chi connectivity index (χ1n) is 4.73. The molecule has 2 rings (SSSR count). The lowest BCUT2D eigenvalue weighted by Crippen LogP contribution is -1.95. The number of nitrogens with zero attached hydrogens (tertiary/aromatic N) is 2. The van der Waals surface area contributed by atoms with Gasteiger partial charge in [0.1, 0.15) is 5.82 Å². The number of hydrogen-bond donors (Lipinski definition) is 1. The zero-order valence-corrected chi connectivity index (χ0v) is 8.60. The second kappa shape index (κ2) is 4.84. The van der Waals surface area contributed by atoms with Gasteiger partial charge in [-0.2, -0.15) is 0 Å². The zero-order valence-electron chi connectivity index (χ0n) is 8.60. The zero-order chi connectivity index (χ0) is 12.3. The highest BCUT2D eigenvalue weighted by molar-refractivity contribution is 5.27. The van der Waals surface area contributed by atoms with Crippen LogP contribution < -0.4 is 4.74 Å². The summed E-state index contributed by atoms with van der Waals surface area (Å²) in [5, 5.41) is 8.77. The molecule has 1 N–H and O–H groups in total. The summed E-state index contributed by atoms with van der Waals surface area (Å²) >= 11 is 0. The number of ether oxygens (including phenoxy) is 1. The third kappa shape index (κ3) is 2.73. The van der Waals surface area contributed by atoms with Gasteiger partial charge in [0.25, 0.3) is 0 Å². The average Bonchev–Trinajstić information content (AvgIpc) is 2.34. The van der Waals surface area contributed by atoms with Crippen molar-refractivity contribution in [2.24, 2.45) is 0 Å². The van der Waals surface area contributed by atoms with Gasteiger partial charge in [0, 0.05) is 24.0 Å². The lowest BCUT2D eigenvalue weighted by atomic mass is 10.3. The SMILES string of the molecule is OCc1cnc(Oc2ccc(F)cc2F)nc1. The van der Waals surface area contributed by atoms with Crippen molar-refractivity contribution in [1.29, 1.82) is 0 Å². The van der Waals surface area contributed by atoms with E-state index < -0.39 is 11.6 Å². The lowest BCUT2D eigenvalue weighted by Gasteiger charge is -2.04. The summed E-state index contributed by atoms with van der Waals surface area (Å²) in [6, 6.07) is 2.85. The van der Waals surface area contributed by atoms with E-state index in [4.69, 9.17) is 9.84 Å². The van der Waals surface area contributed by atoms with E-state index in [2.05, 4.69) is 9.97 Å². The monoisotopic (exact) mass is 238 g/mol. The van der Waals surface area contributed by atoms with E-state index in [0.717, 1.165) is 12.1 Å². The summed E-state index contributed by atoms with van der Waals surface area (Å²) in [6.45, 7) is -0.189. The van der Waals surface area contributed by atoms with E-state index in [1.54, 1.807) is 0 Å². The largest absolute Gasteiger partial charge is 0.421 e. The minimum Gasteiger partial charge on any atom is -0.421 e. The highest BCUT2D eigenvalue weighted by Crippen LogP contribution is 2.21. The van der Waals surface area contributed by atoms with Crippen molar-refractivity contribution < 1.29 is 18.6 Å². The Kier molecular flexibility index (Phi) is 3.24. The van der Waals surface area contributed by atoms with Crippen LogP contribution in [0.1, 0.15) is 5.56 Å². The van der Waals surface area contributed by atoms with E-state index in [-0.39, 0.29) is 18.4 Å². The molecule has 0 aliphatic rings. The minimum absolute atomic E-state index is 0.0762. The Labute approximate surface area is 95.5 Å². The number of aromatic nitrogens is 2. The van der Waals surface area contributed by atoms with E-state index >= 15 is 0 Å². The Morgan fingerprint density at radius 2 is 1.88 bits per heavy atom. The van der Waals surface area contributed by atoms with Crippen LogP contribution in [-0.4, -0.2) is 15.1 Å². The highest BCUT2D eigenvalue weighted by Gasteiger charge is 2.07. The molecule has 0 amide bonds. The normalized spacial score (nSPS) is 10.3. The maximum atomic E-state index is 13.2. The molecule has 6 heteroatoms. The summed E-state index contributed by atoms with van der Waals surface area (Å²) in [5.74, 6) is -1.69. The molecule has 4 nitrogen and oxygen atoms in total. The predicted octanol–water partition coefficient (Wildman–Crippen LogP) is 2.04. The van der Waals surface area contributed by atoms with Crippen molar-refractivity contribution in [3.63, 3.8) is 0 Å². The van der Waals surface area contributed by atoms with E-state index in [9.17, 15) is 8.78 Å². The van der Waals surface area contributed by atoms with Crippen molar-refractivity contribution in [2.45, 2.75) is 6.61 Å². The minimum atomic E-state index is -0.833. The van der Waals surface area contributed by atoms with Crippen LogP contribution in [0.25, 0.3) is 0 Å². The molecule has 1 heterocycles. The molecule has 0 aliphatic heterocycles. The Bertz CT molecular complexity index is 517. The summed E-state index contributed by atoms with van der Waals surface area (Å²) in [6.07, 6.45) is 2.70. The van der Waals surface area contributed by atoms with E-state index in [0.29, 0.717) is 11.6 Å². The Morgan fingerprint density at radius 1 is 1.18 bits per heavy atom. The van der Waals surface area contributed by atoms with E-state index in [1.807, 2.05) is 0 Å². The van der Waals surface area contributed by atoms with Crippen LogP contribution in [0, 0.1) is 11.6 Å². The molecule has 0 aliphatic carbocycles. The van der Waals surface area contributed by atoms with Crippen LogP contribution in [0.2, 0.25) is 0 Å². The number of hydrogen-bond acceptors (Lipinski definition) is 4. The van der Waals surface area contributed by atoms with Crippen LogP contribution in [0.5, 0.6) is 11.8 Å². The molecule has 0 unspecified atom stereocenters. The van der Waals surface area contributed by atoms with Crippen LogP contribution in [-0.2, 0) is 6.61 Å². The maximum Gasteiger partial charge on any atom is 0.321 e. The first kappa shape index (κ1) is 11.4. The van der Waals surface area contributed by atoms with Gasteiger partial charge >= 0.3 is 6.01 Å². The van der Waals surface area contributed by atoms with Gasteiger partial charge < -0.3 is 9.84 Å². The Hall–Kier alpha value is -2.08. The number of aliphatic hydroxyl groups excluding tert-OH is 1. The second-order valence-corrected chi connectivity index (χ2v) is 3.21. The first-order valence-corrected chi connectivity index (χ1v) is 4.73. The number of aliphatic hydroxyl groups is 1. The van der Waals surface area contributed by atoms with Gasteiger partial charge in [-0.25, -0.2) is 18.7 Å². The molecule has 17 heavy (non-hydrogen) atoms. The number of halogens is 2. The fraction of sp³-hybridized carbons (Fsp3) is 0.0909. The molecule has 0 saturated heterocycles. The molecule has 0 atom stereocenters. The molecule has 88 valence electrons. The molecule has 1 aromatic carbocycles. The van der Waals surface area contributed by atoms with Crippen molar-refractivity contribution in [3.8, 4) is 11.8 Å². The molecular formula is C11H8F2N2O2. The Balaban J connectivity index is 2.19. The topological polar surface area (TPSA) is 55.2 Å². The summed E-state index contributed by atoms with van der Waals surface area (Å²) < 4.78 is 30.9. The molecular weight excluding hydrogens is 230 g/mol. The number of rotatable bonds is 3. The predicted molar refractivity (Wildman–Crippen MR) is 54.4 cm³/mol. The Morgan fingerprint density at radius 3 is 2.47 bits per heavy atom. The van der Waals surface area contributed by atoms with Gasteiger partial charge in [-0.15, -0.1) is 0 Å². The van der Waals surface area contributed by atoms with Crippen molar-refractivity contribution >= 4 is 0 Å². The van der Waals surface area contributed by atoms with Crippen molar-refractivity contribution in [3.05, 3.63) is 47.8 Å². The summed E-state index contributed by atoms with van der Waals surface area (Å²) in [5.41, 5.74) is 0.511. The van der Waals surface area contributed by atoms with Gasteiger partial charge in [0.2, 0.25) is 0 Å². The highest BCUT2D eigenvalue weighted by atomic mass is 19.1. The van der Waals surface area contributed by atoms with Crippen LogP contribution in [0.3, 0.4) is 0 Å². The smallest absolute Gasteiger partial charge is 0.321 e. The van der Waals surface area contributed by atoms with Gasteiger partial charge in [0.05, 0.1) is 6.61 Å². The van der Waals surface area contributed by atoms with Gasteiger partial charge in [-0.05, 0) is 12.1 Å². The molecule has 1 aromatic heterocycles. The second-order valence-electron chi connectivity index (χ2n) is 3.21. The average molecular weight is 238 g/mol. The third-order valence-electron chi connectivity index (χ3n) is 1.96. The summed E-state index contributed by atoms with van der Waals surface area (Å²) in [7, 11) is 0. The molecule has 0 spiro atoms. The van der Waals surface area contributed by atoms with Crippen LogP contribution in [0.4, 0.5) is 8.78 Å². The first-order chi connectivity index (χ1) is 8.19. The third-order valence-corrected chi connectivity index (χ3v) is 1.96. The van der Waals surface area contributed by atoms with Crippen molar-refractivity contribution in [1.82, 2.24) is 9.97 Å². The van der Waals surface area contributed by atoms with Gasteiger partial charge in [-0.1, -0.05) is 0 Å². The lowest BCUT2D eigenvalue weighted by molar-refractivity contribution is 0.280. The van der Waals surface area contributed by atoms with Crippen LogP contribution >= 0.6 is 0 Å². The van der Waals surface area contributed by atoms with Crippen molar-refractivity contribution in [2.75, 3.05) is 0 Å². The fourth-order valence-electron chi connectivity index (χ4n) is 1.13. The fourth-order valence-corrected chi connectivity index (χ4v) is 1.13. The standard InChI is InChI=1S/C11H8F2N2O2/c12-8-1-2-10(9(13)3-8)17-11-14-4-7(6-16)5-15-11/h1-5,16H,6H2. The maximum absolute atomic E-state index is 13.2. The molecule has 0 fully saturated rings. The quantitative estimate of drug-likeness (QED) is 0.889. The molecule has 2 aromatic rings. The van der Waals surface area contributed by atoms with E-state index in [1.165, 1.54) is 12.4 Å². The van der Waals surface area contributed by atoms with Gasteiger partial charge in [-0.3, -0.25) is 0 Å². The summed E-state index contributed by atoms with van der Waals surface area (Å²) in [4.78, 5) is 7.51. The molecule has 0 radical (unpaired) electrons. The molecule has 0 saturated carbocycles. The molecule has 0 bridgehead atoms.